The monoisotopic (exact) mass is 327 g/mol. The van der Waals surface area contributed by atoms with E-state index in [1.54, 1.807) is 12.3 Å². The van der Waals surface area contributed by atoms with Gasteiger partial charge < -0.3 is 14.3 Å². The van der Waals surface area contributed by atoms with Crippen LogP contribution in [-0.4, -0.2) is 46.6 Å². The van der Waals surface area contributed by atoms with E-state index in [9.17, 15) is 4.79 Å². The number of carbonyl (C=O) groups is 1. The first-order valence-electron chi connectivity index (χ1n) is 8.41. The van der Waals surface area contributed by atoms with E-state index in [2.05, 4.69) is 15.1 Å². The maximum Gasteiger partial charge on any atom is 0.254 e. The lowest BCUT2D eigenvalue weighted by Gasteiger charge is -2.22. The van der Waals surface area contributed by atoms with Crippen LogP contribution in [0.2, 0.25) is 0 Å². The third kappa shape index (κ3) is 2.74. The van der Waals surface area contributed by atoms with Crippen molar-refractivity contribution in [2.24, 2.45) is 0 Å². The van der Waals surface area contributed by atoms with Crippen LogP contribution in [-0.2, 0) is 0 Å². The Morgan fingerprint density at radius 3 is 2.92 bits per heavy atom. The van der Waals surface area contributed by atoms with Crippen LogP contribution in [0, 0.1) is 0 Å². The molecule has 0 bridgehead atoms. The molecule has 4 rings (SSSR count). The van der Waals surface area contributed by atoms with E-state index in [0.29, 0.717) is 17.3 Å². The zero-order valence-electron chi connectivity index (χ0n) is 14.0. The molecule has 1 atom stereocenters. The second kappa shape index (κ2) is 5.89. The maximum atomic E-state index is 13.0. The lowest BCUT2D eigenvalue weighted by molar-refractivity contribution is 0.0728. The number of hydrogen-bond acceptors (Lipinski definition) is 6. The first kappa shape index (κ1) is 15.1. The van der Waals surface area contributed by atoms with Crippen LogP contribution in [0.15, 0.2) is 22.9 Å². The minimum absolute atomic E-state index is 0.000715. The van der Waals surface area contributed by atoms with Gasteiger partial charge in [-0.05, 0) is 37.8 Å². The number of pyridine rings is 1. The fourth-order valence-electron chi connectivity index (χ4n) is 3.12. The number of hydrogen-bond donors (Lipinski definition) is 0. The zero-order valence-corrected chi connectivity index (χ0v) is 14.0. The molecule has 7 heteroatoms. The number of amides is 1. The molecule has 0 spiro atoms. The number of nitrogens with zero attached hydrogens (tertiary/aromatic N) is 5. The summed E-state index contributed by atoms with van der Waals surface area (Å²) in [6.07, 6.45) is 5.75. The predicted octanol–water partition coefficient (Wildman–Crippen LogP) is 2.39. The van der Waals surface area contributed by atoms with E-state index in [0.717, 1.165) is 43.9 Å². The summed E-state index contributed by atoms with van der Waals surface area (Å²) in [6, 6.07) is 3.49. The molecule has 1 saturated carbocycles. The molecule has 24 heavy (non-hydrogen) atoms. The van der Waals surface area contributed by atoms with Crippen LogP contribution in [0.1, 0.15) is 59.7 Å². The molecule has 126 valence electrons. The fourth-order valence-corrected chi connectivity index (χ4v) is 3.12. The molecule has 0 aromatic carbocycles. The summed E-state index contributed by atoms with van der Waals surface area (Å²) in [6.45, 7) is 0.719. The zero-order chi connectivity index (χ0) is 16.7. The standard InChI is InChI=1S/C17H21N5O2/c1-21(2)14-10-12(7-8-18-14)17(23)22-9-3-4-13(22)15-19-16(24-20-15)11-5-6-11/h7-8,10-11,13H,3-6,9H2,1-2H3/t13-/m0/s1. The Morgan fingerprint density at radius 2 is 2.17 bits per heavy atom. The quantitative estimate of drug-likeness (QED) is 0.858. The molecular weight excluding hydrogens is 306 g/mol. The van der Waals surface area contributed by atoms with E-state index in [-0.39, 0.29) is 11.9 Å². The van der Waals surface area contributed by atoms with Crippen LogP contribution in [0.5, 0.6) is 0 Å². The Balaban J connectivity index is 1.57. The summed E-state index contributed by atoms with van der Waals surface area (Å²) in [5, 5.41) is 4.13. The van der Waals surface area contributed by atoms with Gasteiger partial charge in [0, 0.05) is 38.3 Å². The van der Waals surface area contributed by atoms with Crippen molar-refractivity contribution in [1.82, 2.24) is 20.0 Å². The average molecular weight is 327 g/mol. The molecule has 2 aromatic rings. The Hall–Kier alpha value is -2.44. The highest BCUT2D eigenvalue weighted by atomic mass is 16.5. The molecule has 0 radical (unpaired) electrons. The van der Waals surface area contributed by atoms with Crippen LogP contribution in [0.25, 0.3) is 0 Å². The SMILES string of the molecule is CN(C)c1cc(C(=O)N2CCC[C@H]2c2noc(C3CC3)n2)ccn1. The van der Waals surface area contributed by atoms with Gasteiger partial charge >= 0.3 is 0 Å². The number of rotatable bonds is 4. The Bertz CT molecular complexity index is 753. The van der Waals surface area contributed by atoms with Gasteiger partial charge in [0.15, 0.2) is 5.82 Å². The molecule has 1 amide bonds. The molecule has 2 aromatic heterocycles. The van der Waals surface area contributed by atoms with Crippen molar-refractivity contribution in [2.45, 2.75) is 37.6 Å². The molecule has 0 unspecified atom stereocenters. The normalized spacial score (nSPS) is 20.4. The summed E-state index contributed by atoms with van der Waals surface area (Å²) < 4.78 is 5.37. The molecule has 1 aliphatic carbocycles. The molecular formula is C17H21N5O2. The van der Waals surface area contributed by atoms with Gasteiger partial charge in [0.05, 0.1) is 6.04 Å². The Labute approximate surface area is 140 Å². The highest BCUT2D eigenvalue weighted by Crippen LogP contribution is 2.40. The number of carbonyl (C=O) groups excluding carboxylic acids is 1. The highest BCUT2D eigenvalue weighted by Gasteiger charge is 2.36. The van der Waals surface area contributed by atoms with Gasteiger partial charge in [0.25, 0.3) is 5.91 Å². The van der Waals surface area contributed by atoms with E-state index in [1.165, 1.54) is 0 Å². The minimum Gasteiger partial charge on any atom is -0.363 e. The topological polar surface area (TPSA) is 75.4 Å². The average Bonchev–Trinajstić information content (AvgIpc) is 3.12. The molecule has 3 heterocycles. The predicted molar refractivity (Wildman–Crippen MR) is 87.8 cm³/mol. The van der Waals surface area contributed by atoms with Crippen molar-refractivity contribution in [2.75, 3.05) is 25.5 Å². The smallest absolute Gasteiger partial charge is 0.254 e. The minimum atomic E-state index is -0.0929. The van der Waals surface area contributed by atoms with Gasteiger partial charge in [0.2, 0.25) is 5.89 Å². The summed E-state index contributed by atoms with van der Waals surface area (Å²) in [4.78, 5) is 25.5. The van der Waals surface area contributed by atoms with E-state index in [4.69, 9.17) is 4.52 Å². The van der Waals surface area contributed by atoms with Gasteiger partial charge in [-0.25, -0.2) is 4.98 Å². The Kier molecular flexibility index (Phi) is 3.70. The van der Waals surface area contributed by atoms with Gasteiger partial charge in [0.1, 0.15) is 5.82 Å². The van der Waals surface area contributed by atoms with Crippen molar-refractivity contribution < 1.29 is 9.32 Å². The van der Waals surface area contributed by atoms with Crippen molar-refractivity contribution in [3.63, 3.8) is 0 Å². The summed E-state index contributed by atoms with van der Waals surface area (Å²) in [5.74, 6) is 2.57. The number of aromatic nitrogens is 3. The van der Waals surface area contributed by atoms with Gasteiger partial charge in [-0.3, -0.25) is 4.79 Å². The molecule has 1 saturated heterocycles. The lowest BCUT2D eigenvalue weighted by atomic mass is 10.1. The lowest BCUT2D eigenvalue weighted by Crippen LogP contribution is -2.31. The first-order valence-corrected chi connectivity index (χ1v) is 8.41. The van der Waals surface area contributed by atoms with Crippen LogP contribution in [0.3, 0.4) is 0 Å². The number of likely N-dealkylation sites (tertiary alicyclic amines) is 1. The van der Waals surface area contributed by atoms with Crippen LogP contribution < -0.4 is 4.90 Å². The van der Waals surface area contributed by atoms with Crippen molar-refractivity contribution >= 4 is 11.7 Å². The molecule has 2 aliphatic rings. The second-order valence-corrected chi connectivity index (χ2v) is 6.72. The molecule has 0 N–H and O–H groups in total. The second-order valence-electron chi connectivity index (χ2n) is 6.72. The summed E-state index contributed by atoms with van der Waals surface area (Å²) in [5.41, 5.74) is 0.645. The molecule has 2 fully saturated rings. The first-order chi connectivity index (χ1) is 11.6. The van der Waals surface area contributed by atoms with E-state index in [1.807, 2.05) is 30.0 Å². The van der Waals surface area contributed by atoms with E-state index >= 15 is 0 Å². The van der Waals surface area contributed by atoms with Crippen LogP contribution >= 0.6 is 0 Å². The maximum absolute atomic E-state index is 13.0. The fraction of sp³-hybridized carbons (Fsp3) is 0.529. The van der Waals surface area contributed by atoms with Gasteiger partial charge in [-0.15, -0.1) is 0 Å². The molecule has 7 nitrogen and oxygen atoms in total. The van der Waals surface area contributed by atoms with Crippen molar-refractivity contribution in [3.8, 4) is 0 Å². The number of anilines is 1. The van der Waals surface area contributed by atoms with Crippen molar-refractivity contribution in [3.05, 3.63) is 35.6 Å². The summed E-state index contributed by atoms with van der Waals surface area (Å²) in [7, 11) is 3.82. The van der Waals surface area contributed by atoms with Crippen LogP contribution in [0.4, 0.5) is 5.82 Å². The molecule has 1 aliphatic heterocycles. The van der Waals surface area contributed by atoms with Gasteiger partial charge in [-0.2, -0.15) is 4.98 Å². The third-order valence-corrected chi connectivity index (χ3v) is 4.65. The Morgan fingerprint density at radius 1 is 1.33 bits per heavy atom. The van der Waals surface area contributed by atoms with Gasteiger partial charge in [-0.1, -0.05) is 5.16 Å². The largest absolute Gasteiger partial charge is 0.363 e. The van der Waals surface area contributed by atoms with Crippen molar-refractivity contribution in [1.29, 1.82) is 0 Å². The van der Waals surface area contributed by atoms with E-state index < -0.39 is 0 Å². The summed E-state index contributed by atoms with van der Waals surface area (Å²) >= 11 is 0. The highest BCUT2D eigenvalue weighted by molar-refractivity contribution is 5.95. The third-order valence-electron chi connectivity index (χ3n) is 4.65.